The first kappa shape index (κ1) is 25.6. The Morgan fingerprint density at radius 3 is 2.77 bits per heavy atom. The van der Waals surface area contributed by atoms with Crippen LogP contribution in [0.3, 0.4) is 0 Å². The summed E-state index contributed by atoms with van der Waals surface area (Å²) in [6.07, 6.45) is 5.70. The van der Waals surface area contributed by atoms with Crippen LogP contribution < -0.4 is 26.4 Å². The smallest absolute Gasteiger partial charge is 0.229 e. The lowest BCUT2D eigenvalue weighted by atomic mass is 9.89. The number of aliphatic imine (C=N–C) groups is 1. The van der Waals surface area contributed by atoms with Gasteiger partial charge < -0.3 is 26.4 Å². The highest BCUT2D eigenvalue weighted by atomic mass is 35.5. The number of aromatic nitrogens is 2. The first-order chi connectivity index (χ1) is 16.8. The second-order valence-electron chi connectivity index (χ2n) is 9.39. The van der Waals surface area contributed by atoms with Crippen molar-refractivity contribution in [3.8, 4) is 5.75 Å². The Morgan fingerprint density at radius 1 is 1.37 bits per heavy atom. The van der Waals surface area contributed by atoms with Crippen LogP contribution in [0.2, 0.25) is 5.02 Å². The van der Waals surface area contributed by atoms with Crippen LogP contribution >= 0.6 is 23.4 Å². The maximum atomic E-state index is 6.43. The van der Waals surface area contributed by atoms with E-state index in [9.17, 15) is 0 Å². The monoisotopic (exact) mass is 515 g/mol. The molecule has 10 heteroatoms. The number of ether oxygens (including phenoxy) is 1. The molecule has 1 aliphatic heterocycles. The molecule has 2 heterocycles. The lowest BCUT2D eigenvalue weighted by molar-refractivity contribution is 0.303. The van der Waals surface area contributed by atoms with E-state index in [4.69, 9.17) is 22.1 Å². The summed E-state index contributed by atoms with van der Waals surface area (Å²) in [5.41, 5.74) is 10.4. The number of nitrogens with one attached hydrogen (secondary N) is 3. The molecule has 1 aromatic carbocycles. The number of allylic oxidation sites excluding steroid dienone is 1. The fraction of sp³-hybridized carbons (Fsp3) is 0.480. The molecule has 0 unspecified atom stereocenters. The van der Waals surface area contributed by atoms with Gasteiger partial charge in [-0.1, -0.05) is 25.4 Å². The van der Waals surface area contributed by atoms with Crippen LogP contribution in [-0.2, 0) is 0 Å². The number of halogens is 1. The lowest BCUT2D eigenvalue weighted by Crippen LogP contribution is -2.40. The minimum Gasteiger partial charge on any atom is -0.488 e. The quantitative estimate of drug-likeness (QED) is 0.308. The highest BCUT2D eigenvalue weighted by molar-refractivity contribution is 8.03. The van der Waals surface area contributed by atoms with Crippen molar-refractivity contribution >= 4 is 47.0 Å². The van der Waals surface area contributed by atoms with Gasteiger partial charge in [0.05, 0.1) is 28.7 Å². The zero-order chi connectivity index (χ0) is 24.9. The SMILES string of the molecule is CN=CC(Nc1nc(Nc2cc(C)c(C3CNC3)cc2OC2CC2)ncc1Cl)=C(N)SCC(C)C. The van der Waals surface area contributed by atoms with E-state index in [0.717, 1.165) is 43.1 Å². The van der Waals surface area contributed by atoms with Crippen LogP contribution in [0.15, 0.2) is 34.0 Å². The third-order valence-electron chi connectivity index (χ3n) is 5.75. The predicted octanol–water partition coefficient (Wildman–Crippen LogP) is 5.04. The molecule has 1 aliphatic carbocycles. The molecule has 0 radical (unpaired) electrons. The average molecular weight is 516 g/mol. The van der Waals surface area contributed by atoms with E-state index in [-0.39, 0.29) is 6.10 Å². The van der Waals surface area contributed by atoms with Crippen molar-refractivity contribution in [3.63, 3.8) is 0 Å². The Hall–Kier alpha value is -2.49. The highest BCUT2D eigenvalue weighted by Crippen LogP contribution is 2.38. The Balaban J connectivity index is 1.58. The van der Waals surface area contributed by atoms with E-state index in [0.29, 0.717) is 39.4 Å². The van der Waals surface area contributed by atoms with E-state index >= 15 is 0 Å². The Labute approximate surface area is 216 Å². The number of hydrogen-bond donors (Lipinski definition) is 4. The van der Waals surface area contributed by atoms with Gasteiger partial charge in [0.15, 0.2) is 5.82 Å². The summed E-state index contributed by atoms with van der Waals surface area (Å²) in [6.45, 7) is 8.44. The van der Waals surface area contributed by atoms with Crippen molar-refractivity contribution < 1.29 is 4.74 Å². The van der Waals surface area contributed by atoms with Gasteiger partial charge in [-0.25, -0.2) is 4.98 Å². The molecule has 2 fully saturated rings. The summed E-state index contributed by atoms with van der Waals surface area (Å²) in [5, 5.41) is 10.9. The van der Waals surface area contributed by atoms with Gasteiger partial charge >= 0.3 is 0 Å². The third kappa shape index (κ3) is 6.80. The number of aryl methyl sites for hydroxylation is 1. The van der Waals surface area contributed by atoms with Gasteiger partial charge in [0.2, 0.25) is 5.95 Å². The number of benzene rings is 1. The van der Waals surface area contributed by atoms with E-state index in [1.54, 1.807) is 31.2 Å². The summed E-state index contributed by atoms with van der Waals surface area (Å²) in [6, 6.07) is 4.29. The average Bonchev–Trinajstić information content (AvgIpc) is 3.59. The van der Waals surface area contributed by atoms with Gasteiger partial charge in [-0.15, -0.1) is 11.8 Å². The number of thioether (sulfide) groups is 1. The van der Waals surface area contributed by atoms with Crippen molar-refractivity contribution in [2.24, 2.45) is 16.6 Å². The molecule has 1 saturated heterocycles. The fourth-order valence-electron chi connectivity index (χ4n) is 3.60. The number of nitrogens with zero attached hydrogens (tertiary/aromatic N) is 3. The normalized spacial score (nSPS) is 16.9. The van der Waals surface area contributed by atoms with Gasteiger partial charge in [0, 0.05) is 38.0 Å². The van der Waals surface area contributed by atoms with Crippen molar-refractivity contribution in [1.29, 1.82) is 0 Å². The molecule has 0 amide bonds. The maximum Gasteiger partial charge on any atom is 0.229 e. The third-order valence-corrected chi connectivity index (χ3v) is 7.39. The van der Waals surface area contributed by atoms with Crippen LogP contribution in [0.5, 0.6) is 5.75 Å². The first-order valence-corrected chi connectivity index (χ1v) is 13.3. The number of nitrogens with two attached hydrogens (primary N) is 1. The number of anilines is 3. The predicted molar refractivity (Wildman–Crippen MR) is 147 cm³/mol. The molecular weight excluding hydrogens is 482 g/mol. The summed E-state index contributed by atoms with van der Waals surface area (Å²) >= 11 is 8.00. The minimum atomic E-state index is 0.279. The lowest BCUT2D eigenvalue weighted by Gasteiger charge is -2.29. The van der Waals surface area contributed by atoms with Gasteiger partial charge in [-0.05, 0) is 48.9 Å². The summed E-state index contributed by atoms with van der Waals surface area (Å²) in [7, 11) is 1.70. The first-order valence-electron chi connectivity index (χ1n) is 12.0. The standard InChI is InChI=1S/C25H34ClN7OS/c1-14(2)13-35-23(27)21(12-28-4)31-24-19(26)11-30-25(33-24)32-20-7-15(3)18(16-9-29-10-16)8-22(20)34-17-5-6-17/h7-8,11-12,14,16-17,29H,5-6,9-10,13,27H2,1-4H3,(H2,30,31,32,33). The van der Waals surface area contributed by atoms with Gasteiger partial charge in [-0.2, -0.15) is 4.98 Å². The van der Waals surface area contributed by atoms with Gasteiger partial charge in [0.25, 0.3) is 0 Å². The van der Waals surface area contributed by atoms with E-state index in [2.05, 4.69) is 63.8 Å². The molecule has 35 heavy (non-hydrogen) atoms. The zero-order valence-corrected chi connectivity index (χ0v) is 22.3. The molecule has 1 aromatic heterocycles. The molecule has 2 aromatic rings. The minimum absolute atomic E-state index is 0.279. The molecule has 0 spiro atoms. The topological polar surface area (TPSA) is 109 Å². The summed E-state index contributed by atoms with van der Waals surface area (Å²) in [5.74, 6) is 3.63. The Morgan fingerprint density at radius 2 is 2.14 bits per heavy atom. The molecule has 2 aliphatic rings. The van der Waals surface area contributed by atoms with Gasteiger partial charge in [-0.3, -0.25) is 4.99 Å². The second-order valence-corrected chi connectivity index (χ2v) is 10.9. The van der Waals surface area contributed by atoms with Crippen molar-refractivity contribution in [2.45, 2.75) is 45.6 Å². The van der Waals surface area contributed by atoms with Crippen molar-refractivity contribution in [1.82, 2.24) is 15.3 Å². The molecule has 0 bridgehead atoms. The Bertz CT molecular complexity index is 1110. The molecule has 5 N–H and O–H groups in total. The molecular formula is C25H34ClN7OS. The molecule has 0 atom stereocenters. The maximum absolute atomic E-state index is 6.43. The molecule has 8 nitrogen and oxygen atoms in total. The molecule has 4 rings (SSSR count). The summed E-state index contributed by atoms with van der Waals surface area (Å²) < 4.78 is 6.25. The number of rotatable bonds is 11. The van der Waals surface area contributed by atoms with Crippen LogP contribution in [0.4, 0.5) is 17.5 Å². The highest BCUT2D eigenvalue weighted by Gasteiger charge is 2.27. The number of hydrogen-bond acceptors (Lipinski definition) is 9. The Kier molecular flexibility index (Phi) is 8.41. The van der Waals surface area contributed by atoms with Crippen molar-refractivity contribution in [3.05, 3.63) is 45.2 Å². The largest absolute Gasteiger partial charge is 0.488 e. The summed E-state index contributed by atoms with van der Waals surface area (Å²) in [4.78, 5) is 13.1. The van der Waals surface area contributed by atoms with Crippen LogP contribution in [-0.4, -0.2) is 48.2 Å². The van der Waals surface area contributed by atoms with Gasteiger partial charge in [0.1, 0.15) is 10.8 Å². The molecule has 188 valence electrons. The molecule has 1 saturated carbocycles. The van der Waals surface area contributed by atoms with E-state index in [1.165, 1.54) is 11.1 Å². The van der Waals surface area contributed by atoms with Crippen molar-refractivity contribution in [2.75, 3.05) is 36.5 Å². The second kappa shape index (κ2) is 11.5. The van der Waals surface area contributed by atoms with E-state index in [1.807, 2.05) is 0 Å². The van der Waals surface area contributed by atoms with E-state index < -0.39 is 0 Å². The zero-order valence-electron chi connectivity index (χ0n) is 20.7. The van der Waals surface area contributed by atoms with Crippen LogP contribution in [0, 0.1) is 12.8 Å². The fourth-order valence-corrected chi connectivity index (χ4v) is 4.51. The van der Waals surface area contributed by atoms with Crippen LogP contribution in [0.25, 0.3) is 0 Å². The van der Waals surface area contributed by atoms with Crippen LogP contribution in [0.1, 0.15) is 43.7 Å².